The lowest BCUT2D eigenvalue weighted by molar-refractivity contribution is 0.158. The average molecular weight is 533 g/mol. The van der Waals surface area contributed by atoms with Crippen LogP contribution in [0, 0.1) is 0 Å². The quantitative estimate of drug-likeness (QED) is 0.192. The molecule has 3 aromatic rings. The van der Waals surface area contributed by atoms with Crippen LogP contribution in [0.3, 0.4) is 0 Å². The van der Waals surface area contributed by atoms with Gasteiger partial charge in [-0.25, -0.2) is 9.55 Å². The molecule has 1 heterocycles. The summed E-state index contributed by atoms with van der Waals surface area (Å²) in [6.07, 6.45) is 1.61. The van der Waals surface area contributed by atoms with Gasteiger partial charge in [-0.2, -0.15) is 0 Å². The van der Waals surface area contributed by atoms with Gasteiger partial charge >= 0.3 is 7.82 Å². The van der Waals surface area contributed by atoms with Gasteiger partial charge in [0.1, 0.15) is 0 Å². The van der Waals surface area contributed by atoms with Crippen LogP contribution in [0.1, 0.15) is 26.7 Å². The van der Waals surface area contributed by atoms with Crippen LogP contribution in [0.15, 0.2) is 39.3 Å². The second-order valence-corrected chi connectivity index (χ2v) is 9.28. The fraction of sp³-hybridized carbons (Fsp3) is 0.316. The fourth-order valence-electron chi connectivity index (χ4n) is 2.64. The zero-order valence-corrected chi connectivity index (χ0v) is 19.5. The summed E-state index contributed by atoms with van der Waals surface area (Å²) in [6, 6.07) is 8.79. The van der Waals surface area contributed by atoms with Crippen molar-refractivity contribution in [3.05, 3.63) is 39.3 Å². The summed E-state index contributed by atoms with van der Waals surface area (Å²) in [4.78, 5) is 4.61. The number of phenolic OH excluding ortho intramolecular Hbond substituents is 1. The normalized spacial score (nSPS) is 13.7. The van der Waals surface area contributed by atoms with Gasteiger partial charge in [-0.15, -0.1) is 0 Å². The van der Waals surface area contributed by atoms with E-state index in [9.17, 15) is 9.67 Å². The summed E-state index contributed by atoms with van der Waals surface area (Å²) in [5.74, 6) is -0.136. The molecule has 0 saturated heterocycles. The Labute approximate surface area is 180 Å². The summed E-state index contributed by atoms with van der Waals surface area (Å²) in [5.41, 5.74) is 1.34. The number of rotatable bonds is 8. The van der Waals surface area contributed by atoms with Crippen LogP contribution in [0.4, 0.5) is 0 Å². The van der Waals surface area contributed by atoms with Gasteiger partial charge in [0.15, 0.2) is 11.5 Å². The number of fused-ring (bicyclic) bond motifs is 2. The van der Waals surface area contributed by atoms with E-state index < -0.39 is 7.82 Å². The van der Waals surface area contributed by atoms with Crippen molar-refractivity contribution < 1.29 is 23.2 Å². The monoisotopic (exact) mass is 531 g/mol. The van der Waals surface area contributed by atoms with Crippen LogP contribution < -0.4 is 4.52 Å². The standard InChI is InChI=1S/C19H20Br2NO5P/c1-3-5-10-26-28(24,25-4-2)27-16-9-8-15-13(19(16)23)11-12-6-7-14(20)17(21)18(12)22-15/h6-9,11,23H,3-5,10H2,1-2H3. The molecule has 0 radical (unpaired) electrons. The predicted molar refractivity (Wildman–Crippen MR) is 117 cm³/mol. The van der Waals surface area contributed by atoms with Gasteiger partial charge in [0.25, 0.3) is 0 Å². The smallest absolute Gasteiger partial charge is 0.504 e. The van der Waals surface area contributed by atoms with Crippen LogP contribution >= 0.6 is 39.7 Å². The summed E-state index contributed by atoms with van der Waals surface area (Å²) in [5, 5.41) is 12.0. The first kappa shape index (κ1) is 21.5. The molecule has 1 atom stereocenters. The number of hydrogen-bond donors (Lipinski definition) is 1. The van der Waals surface area contributed by atoms with E-state index in [1.807, 2.05) is 19.1 Å². The molecular weight excluding hydrogens is 513 g/mol. The highest BCUT2D eigenvalue weighted by Crippen LogP contribution is 2.52. The van der Waals surface area contributed by atoms with Gasteiger partial charge in [0.05, 0.1) is 28.7 Å². The van der Waals surface area contributed by atoms with E-state index in [4.69, 9.17) is 13.6 Å². The second kappa shape index (κ2) is 9.09. The highest BCUT2D eigenvalue weighted by Gasteiger charge is 2.29. The summed E-state index contributed by atoms with van der Waals surface area (Å²) in [6.45, 7) is 4.11. The molecule has 0 amide bonds. The maximum atomic E-state index is 12.8. The number of nitrogens with zero attached hydrogens (tertiary/aromatic N) is 1. The Morgan fingerprint density at radius 3 is 2.64 bits per heavy atom. The molecule has 2 aromatic carbocycles. The Morgan fingerprint density at radius 2 is 1.93 bits per heavy atom. The van der Waals surface area contributed by atoms with Gasteiger partial charge in [-0.05, 0) is 69.5 Å². The van der Waals surface area contributed by atoms with E-state index in [-0.39, 0.29) is 24.7 Å². The van der Waals surface area contributed by atoms with Crippen LogP contribution in [-0.4, -0.2) is 23.3 Å². The highest BCUT2D eigenvalue weighted by atomic mass is 79.9. The van der Waals surface area contributed by atoms with Crippen molar-refractivity contribution in [2.24, 2.45) is 0 Å². The molecular formula is C19H20Br2NO5P. The lowest BCUT2D eigenvalue weighted by Crippen LogP contribution is -2.04. The molecule has 1 aromatic heterocycles. The molecule has 150 valence electrons. The van der Waals surface area contributed by atoms with Gasteiger partial charge in [-0.1, -0.05) is 19.4 Å². The Kier molecular flexibility index (Phi) is 6.99. The first-order chi connectivity index (χ1) is 13.4. The predicted octanol–water partition coefficient (Wildman–Crippen LogP) is 6.96. The SMILES string of the molecule is CCCCOP(=O)(OCC)Oc1ccc2nc3c(Br)c(Br)ccc3cc2c1O. The number of halogens is 2. The average Bonchev–Trinajstić information content (AvgIpc) is 2.67. The third kappa shape index (κ3) is 4.52. The third-order valence-corrected chi connectivity index (χ3v) is 7.52. The van der Waals surface area contributed by atoms with E-state index in [0.717, 1.165) is 32.7 Å². The number of hydrogen-bond acceptors (Lipinski definition) is 6. The summed E-state index contributed by atoms with van der Waals surface area (Å²) >= 11 is 6.98. The third-order valence-electron chi connectivity index (χ3n) is 4.03. The first-order valence-corrected chi connectivity index (χ1v) is 11.9. The molecule has 0 aliphatic carbocycles. The zero-order chi connectivity index (χ0) is 20.3. The van der Waals surface area contributed by atoms with Crippen molar-refractivity contribution in [2.75, 3.05) is 13.2 Å². The topological polar surface area (TPSA) is 77.9 Å². The number of aromatic hydroxyl groups is 1. The van der Waals surface area contributed by atoms with Gasteiger partial charge in [-0.3, -0.25) is 9.05 Å². The number of benzene rings is 2. The molecule has 0 aliphatic rings. The van der Waals surface area contributed by atoms with E-state index in [1.165, 1.54) is 6.07 Å². The van der Waals surface area contributed by atoms with Crippen molar-refractivity contribution in [1.29, 1.82) is 0 Å². The number of phosphoric acid groups is 1. The number of pyridine rings is 1. The van der Waals surface area contributed by atoms with Gasteiger partial charge in [0, 0.05) is 15.2 Å². The van der Waals surface area contributed by atoms with E-state index in [1.54, 1.807) is 19.1 Å². The van der Waals surface area contributed by atoms with E-state index in [0.29, 0.717) is 10.9 Å². The molecule has 1 N–H and O–H groups in total. The summed E-state index contributed by atoms with van der Waals surface area (Å²) in [7, 11) is -3.83. The van der Waals surface area contributed by atoms with Gasteiger partial charge in [0.2, 0.25) is 0 Å². The highest BCUT2D eigenvalue weighted by molar-refractivity contribution is 9.13. The van der Waals surface area contributed by atoms with Crippen molar-refractivity contribution in [3.8, 4) is 11.5 Å². The van der Waals surface area contributed by atoms with Crippen molar-refractivity contribution in [3.63, 3.8) is 0 Å². The lowest BCUT2D eigenvalue weighted by Gasteiger charge is -2.19. The molecule has 0 aliphatic heterocycles. The van der Waals surface area contributed by atoms with Gasteiger partial charge < -0.3 is 9.63 Å². The Bertz CT molecular complexity index is 1060. The van der Waals surface area contributed by atoms with Crippen molar-refractivity contribution in [2.45, 2.75) is 26.7 Å². The van der Waals surface area contributed by atoms with Crippen molar-refractivity contribution in [1.82, 2.24) is 4.98 Å². The maximum absolute atomic E-state index is 12.8. The molecule has 6 nitrogen and oxygen atoms in total. The molecule has 0 saturated carbocycles. The van der Waals surface area contributed by atoms with Crippen LogP contribution in [0.25, 0.3) is 21.8 Å². The molecule has 28 heavy (non-hydrogen) atoms. The molecule has 9 heteroatoms. The Balaban J connectivity index is 2.02. The maximum Gasteiger partial charge on any atom is 0.530 e. The molecule has 0 spiro atoms. The molecule has 0 bridgehead atoms. The Hall–Kier alpha value is -1.18. The number of phosphoric ester groups is 1. The number of aromatic nitrogens is 1. The fourth-order valence-corrected chi connectivity index (χ4v) is 4.65. The zero-order valence-electron chi connectivity index (χ0n) is 15.4. The van der Waals surface area contributed by atoms with Crippen LogP contribution in [0.2, 0.25) is 0 Å². The minimum Gasteiger partial charge on any atom is -0.504 e. The van der Waals surface area contributed by atoms with Crippen LogP contribution in [-0.2, 0) is 13.6 Å². The number of phenols is 1. The van der Waals surface area contributed by atoms with Crippen LogP contribution in [0.5, 0.6) is 11.5 Å². The summed E-state index contributed by atoms with van der Waals surface area (Å²) < 4.78 is 30.6. The Morgan fingerprint density at radius 1 is 1.14 bits per heavy atom. The first-order valence-electron chi connectivity index (χ1n) is 8.87. The minimum atomic E-state index is -3.83. The number of unbranched alkanes of at least 4 members (excludes halogenated alkanes) is 1. The molecule has 3 rings (SSSR count). The molecule has 0 fully saturated rings. The van der Waals surface area contributed by atoms with E-state index >= 15 is 0 Å². The second-order valence-electron chi connectivity index (χ2n) is 6.04. The van der Waals surface area contributed by atoms with E-state index in [2.05, 4.69) is 36.8 Å². The lowest BCUT2D eigenvalue weighted by atomic mass is 10.1. The largest absolute Gasteiger partial charge is 0.530 e. The molecule has 1 unspecified atom stereocenters. The van der Waals surface area contributed by atoms with Crippen molar-refractivity contribution >= 4 is 61.5 Å². The minimum absolute atomic E-state index is 0.0260.